The Kier molecular flexibility index (Phi) is 28.9. The molecule has 6 N–H and O–H groups in total. The lowest BCUT2D eigenvalue weighted by molar-refractivity contribution is 0.0700. The molecular weight excluding hydrogens is 1210 g/mol. The minimum Gasteiger partial charge on any atom is -0.497 e. The molecule has 0 spiro atoms. The third kappa shape index (κ3) is 22.0. The number of carbonyl (C=O) groups is 6. The Labute approximate surface area is 532 Å². The number of rotatable bonds is 7. The van der Waals surface area contributed by atoms with E-state index in [-0.39, 0.29) is 41.3 Å². The van der Waals surface area contributed by atoms with Crippen LogP contribution in [0.25, 0.3) is 0 Å². The lowest BCUT2D eigenvalue weighted by Crippen LogP contribution is -2.46. The number of amides is 6. The maximum atomic E-state index is 12.7. The third-order valence-corrected chi connectivity index (χ3v) is 16.4. The van der Waals surface area contributed by atoms with Gasteiger partial charge in [0.25, 0.3) is 35.4 Å². The van der Waals surface area contributed by atoms with Gasteiger partial charge in [0, 0.05) is 184 Å². The molecule has 2 aromatic heterocycles. The van der Waals surface area contributed by atoms with Gasteiger partial charge in [-0.1, -0.05) is 40.9 Å². The average molecular weight is 1290 g/mol. The van der Waals surface area contributed by atoms with E-state index in [9.17, 15) is 33.2 Å². The molecule has 6 saturated heterocycles. The maximum Gasteiger partial charge on any atom is 0.289 e. The summed E-state index contributed by atoms with van der Waals surface area (Å²) in [6, 6.07) is 32.2. The van der Waals surface area contributed by atoms with Gasteiger partial charge in [-0.3, -0.25) is 28.8 Å². The summed E-state index contributed by atoms with van der Waals surface area (Å²) in [4.78, 5) is 83.3. The molecule has 4 aromatic carbocycles. The minimum absolute atomic E-state index is 0.00787. The normalized spacial score (nSPS) is 16.6. The quantitative estimate of drug-likeness (QED) is 0.106. The average Bonchev–Trinajstić information content (AvgIpc) is 4.53. The van der Waals surface area contributed by atoms with Gasteiger partial charge in [0.05, 0.1) is 28.3 Å². The highest BCUT2D eigenvalue weighted by Crippen LogP contribution is 2.24. The van der Waals surface area contributed by atoms with Crippen LogP contribution in [0.3, 0.4) is 0 Å². The topological polar surface area (TPSA) is 216 Å². The number of nitrogens with one attached hydrogen (secondary N) is 6. The second kappa shape index (κ2) is 37.1. The van der Waals surface area contributed by atoms with Gasteiger partial charge in [-0.25, -0.2) is 4.39 Å². The summed E-state index contributed by atoms with van der Waals surface area (Å²) < 4.78 is 22.8. The number of benzene rings is 4. The van der Waals surface area contributed by atoms with E-state index in [4.69, 9.17) is 44.0 Å². The molecule has 6 aliphatic rings. The van der Waals surface area contributed by atoms with Crippen LogP contribution in [0, 0.1) is 5.82 Å². The highest BCUT2D eigenvalue weighted by Gasteiger charge is 2.23. The molecule has 6 aliphatic heterocycles. The molecule has 25 heteroatoms. The van der Waals surface area contributed by atoms with Crippen LogP contribution in [0.5, 0.6) is 5.75 Å². The van der Waals surface area contributed by atoms with Crippen molar-refractivity contribution in [3.63, 3.8) is 0 Å². The standard InChI is InChI=1S/C12H16N2O2.C11H12Cl2N2O.C11H13ClN2O.C11H13FN2O.C9H12N2O2.C9H12N2OS/c1-16-11-4-2-10(3-5-11)12(15)14-8-6-13-7-9-14;12-9-2-1-8(7-10(9)13)11(16)15-5-3-14-4-6-15;2*12-10-3-1-9(2-4-10)11(15)14-7-5-13-6-8-14;2*12-9(8-2-1-7-13-8)11-5-3-10-4-6-11/h2-5,13H,6-9H2,1H3;1-2,7,14H,3-6H2;2*1-4,13H,5-8H2;2*1-2,7,10H,3-6H2. The number of methoxy groups -OCH3 is 1. The number of ether oxygens (including phenoxy) is 1. The zero-order chi connectivity index (χ0) is 62.5. The number of hydrogen-bond donors (Lipinski definition) is 6. The molecule has 0 aliphatic carbocycles. The molecule has 88 heavy (non-hydrogen) atoms. The highest BCUT2D eigenvalue weighted by molar-refractivity contribution is 7.12. The fraction of sp³-hybridized carbons (Fsp3) is 0.397. The molecule has 6 fully saturated rings. The number of thiophene rings is 1. The largest absolute Gasteiger partial charge is 0.497 e. The lowest BCUT2D eigenvalue weighted by Gasteiger charge is -2.27. The fourth-order valence-corrected chi connectivity index (χ4v) is 10.7. The van der Waals surface area contributed by atoms with Crippen LogP contribution in [0.15, 0.2) is 131 Å². The van der Waals surface area contributed by atoms with E-state index in [0.717, 1.165) is 173 Å². The van der Waals surface area contributed by atoms with E-state index in [0.29, 0.717) is 37.5 Å². The van der Waals surface area contributed by atoms with Crippen LogP contribution < -0.4 is 36.6 Å². The molecule has 472 valence electrons. The first kappa shape index (κ1) is 68.5. The van der Waals surface area contributed by atoms with Gasteiger partial charge in [-0.15, -0.1) is 11.3 Å². The van der Waals surface area contributed by atoms with Crippen molar-refractivity contribution in [1.29, 1.82) is 0 Å². The highest BCUT2D eigenvalue weighted by atomic mass is 35.5. The molecule has 0 radical (unpaired) electrons. The van der Waals surface area contributed by atoms with Gasteiger partial charge in [-0.2, -0.15) is 0 Å². The Morgan fingerprint density at radius 3 is 1.12 bits per heavy atom. The summed E-state index contributed by atoms with van der Waals surface area (Å²) in [6.45, 7) is 19.6. The van der Waals surface area contributed by atoms with Crippen molar-refractivity contribution in [2.24, 2.45) is 0 Å². The van der Waals surface area contributed by atoms with Crippen molar-refractivity contribution in [3.05, 3.63) is 181 Å². The molecule has 0 unspecified atom stereocenters. The van der Waals surface area contributed by atoms with Crippen LogP contribution >= 0.6 is 46.1 Å². The monoisotopic (exact) mass is 1290 g/mol. The summed E-state index contributed by atoms with van der Waals surface area (Å²) in [5, 5.41) is 22.7. The number of carbonyl (C=O) groups excluding carboxylic acids is 6. The second-order valence-electron chi connectivity index (χ2n) is 20.6. The van der Waals surface area contributed by atoms with Gasteiger partial charge in [-0.05, 0) is 115 Å². The van der Waals surface area contributed by atoms with Crippen molar-refractivity contribution in [1.82, 2.24) is 61.3 Å². The zero-order valence-electron chi connectivity index (χ0n) is 49.5. The van der Waals surface area contributed by atoms with Crippen LogP contribution in [0.2, 0.25) is 15.1 Å². The lowest BCUT2D eigenvalue weighted by atomic mass is 10.2. The molecule has 0 saturated carbocycles. The van der Waals surface area contributed by atoms with Crippen LogP contribution in [0.1, 0.15) is 61.7 Å². The van der Waals surface area contributed by atoms with E-state index < -0.39 is 0 Å². The van der Waals surface area contributed by atoms with E-state index in [1.807, 2.05) is 61.4 Å². The number of piperazine rings is 6. The Balaban J connectivity index is 0.000000151. The van der Waals surface area contributed by atoms with Gasteiger partial charge in [0.2, 0.25) is 0 Å². The predicted molar refractivity (Wildman–Crippen MR) is 343 cm³/mol. The SMILES string of the molecule is COc1ccc(C(=O)N2CCNCC2)cc1.O=C(c1ccc(Cl)c(Cl)c1)N1CCNCC1.O=C(c1ccc(Cl)cc1)N1CCNCC1.O=C(c1ccc(F)cc1)N1CCNCC1.O=C(c1ccco1)N1CCNCC1.O=C(c1cccs1)N1CCNCC1. The number of nitrogens with zero attached hydrogens (tertiary/aromatic N) is 6. The van der Waals surface area contributed by atoms with Gasteiger partial charge >= 0.3 is 0 Å². The number of hydrogen-bond acceptors (Lipinski definition) is 15. The van der Waals surface area contributed by atoms with E-state index >= 15 is 0 Å². The summed E-state index contributed by atoms with van der Waals surface area (Å²) in [6.07, 6.45) is 1.52. The first-order valence-corrected chi connectivity index (χ1v) is 31.5. The van der Waals surface area contributed by atoms with Crippen LogP contribution in [0.4, 0.5) is 4.39 Å². The van der Waals surface area contributed by atoms with Crippen molar-refractivity contribution >= 4 is 81.6 Å². The first-order chi connectivity index (χ1) is 42.8. The van der Waals surface area contributed by atoms with Crippen molar-refractivity contribution < 1.29 is 42.3 Å². The van der Waals surface area contributed by atoms with Gasteiger partial charge in [0.15, 0.2) is 5.76 Å². The van der Waals surface area contributed by atoms with Crippen LogP contribution in [-0.2, 0) is 0 Å². The van der Waals surface area contributed by atoms with Crippen molar-refractivity contribution in [2.75, 3.05) is 164 Å². The third-order valence-electron chi connectivity index (χ3n) is 14.6. The van der Waals surface area contributed by atoms with Gasteiger partial charge < -0.3 is 70.5 Å². The molecule has 12 rings (SSSR count). The number of halogens is 4. The Bertz CT molecular complexity index is 2950. The van der Waals surface area contributed by atoms with Crippen LogP contribution in [-0.4, -0.2) is 229 Å². The Morgan fingerprint density at radius 1 is 0.420 bits per heavy atom. The van der Waals surface area contributed by atoms with E-state index in [2.05, 4.69) is 31.9 Å². The van der Waals surface area contributed by atoms with Gasteiger partial charge in [0.1, 0.15) is 11.6 Å². The Morgan fingerprint density at radius 2 is 0.773 bits per heavy atom. The molecule has 6 aromatic rings. The summed E-state index contributed by atoms with van der Waals surface area (Å²) in [5.74, 6) is 1.25. The minimum atomic E-state index is -0.313. The predicted octanol–water partition coefficient (Wildman–Crippen LogP) is 6.15. The Hall–Kier alpha value is -6.96. The molecule has 0 bridgehead atoms. The first-order valence-electron chi connectivity index (χ1n) is 29.5. The molecule has 0 atom stereocenters. The summed E-state index contributed by atoms with van der Waals surface area (Å²) >= 11 is 19.0. The second-order valence-corrected chi connectivity index (χ2v) is 22.8. The molecule has 6 amide bonds. The van der Waals surface area contributed by atoms with E-state index in [1.54, 1.807) is 71.5 Å². The number of furan rings is 1. The summed E-state index contributed by atoms with van der Waals surface area (Å²) in [5.41, 5.74) is 2.58. The molecule has 8 heterocycles. The van der Waals surface area contributed by atoms with Crippen molar-refractivity contribution in [3.8, 4) is 5.75 Å². The maximum absolute atomic E-state index is 12.7. The summed E-state index contributed by atoms with van der Waals surface area (Å²) in [7, 11) is 1.62. The van der Waals surface area contributed by atoms with E-state index in [1.165, 1.54) is 41.9 Å². The zero-order valence-corrected chi connectivity index (χ0v) is 52.5. The molecular formula is C63H78Cl3FN12O8S. The molecule has 20 nitrogen and oxygen atoms in total. The smallest absolute Gasteiger partial charge is 0.289 e. The van der Waals surface area contributed by atoms with Crippen molar-refractivity contribution in [2.45, 2.75) is 0 Å². The fourth-order valence-electron chi connectivity index (χ4n) is 9.60.